The van der Waals surface area contributed by atoms with Gasteiger partial charge in [0.05, 0.1) is 5.56 Å². The van der Waals surface area contributed by atoms with Crippen molar-refractivity contribution < 1.29 is 22.6 Å². The van der Waals surface area contributed by atoms with E-state index in [1.807, 2.05) is 0 Å². The summed E-state index contributed by atoms with van der Waals surface area (Å²) in [5.74, 6) is 0.819. The predicted octanol–water partition coefficient (Wildman–Crippen LogP) is 2.42. The Bertz CT molecular complexity index is 679. The van der Waals surface area contributed by atoms with Crippen molar-refractivity contribution in [2.24, 2.45) is 7.05 Å². The number of ether oxygens (including phenoxy) is 2. The summed E-state index contributed by atoms with van der Waals surface area (Å²) < 4.78 is 50.3. The number of hydrogen-bond acceptors (Lipinski definition) is 4. The van der Waals surface area contributed by atoms with Gasteiger partial charge in [-0.25, -0.2) is 0 Å². The second-order valence-corrected chi connectivity index (χ2v) is 4.30. The van der Waals surface area contributed by atoms with Gasteiger partial charge in [-0.2, -0.15) is 18.3 Å². The van der Waals surface area contributed by atoms with Crippen LogP contribution in [0.4, 0.5) is 19.0 Å². The van der Waals surface area contributed by atoms with Gasteiger partial charge in [0, 0.05) is 7.05 Å². The second kappa shape index (κ2) is 4.06. The zero-order chi connectivity index (χ0) is 14.5. The first-order valence-corrected chi connectivity index (χ1v) is 5.67. The van der Waals surface area contributed by atoms with Crippen molar-refractivity contribution in [3.05, 3.63) is 23.9 Å². The standard InChI is InChI=1S/C12H10F3N3O2/c1-18-11(16)9(10(17-18)12(13,14)15)6-2-3-7-8(4-6)20-5-19-7/h2-4H,5,16H2,1H3. The molecule has 5 nitrogen and oxygen atoms in total. The van der Waals surface area contributed by atoms with E-state index in [1.165, 1.54) is 19.2 Å². The van der Waals surface area contributed by atoms with Gasteiger partial charge in [-0.3, -0.25) is 4.68 Å². The van der Waals surface area contributed by atoms with E-state index < -0.39 is 11.9 Å². The number of benzene rings is 1. The van der Waals surface area contributed by atoms with Crippen LogP contribution in [0, 0.1) is 0 Å². The number of aromatic nitrogens is 2. The summed E-state index contributed by atoms with van der Waals surface area (Å²) in [5, 5.41) is 3.45. The third-order valence-electron chi connectivity index (χ3n) is 3.02. The van der Waals surface area contributed by atoms with Gasteiger partial charge in [0.15, 0.2) is 17.2 Å². The van der Waals surface area contributed by atoms with Crippen LogP contribution in [-0.2, 0) is 13.2 Å². The molecule has 8 heteroatoms. The number of halogens is 3. The van der Waals surface area contributed by atoms with Gasteiger partial charge in [0.2, 0.25) is 6.79 Å². The summed E-state index contributed by atoms with van der Waals surface area (Å²) in [7, 11) is 1.36. The van der Waals surface area contributed by atoms with Gasteiger partial charge in [-0.15, -0.1) is 0 Å². The first-order valence-electron chi connectivity index (χ1n) is 5.67. The van der Waals surface area contributed by atoms with Crippen molar-refractivity contribution in [2.75, 3.05) is 12.5 Å². The number of aryl methyl sites for hydroxylation is 1. The van der Waals surface area contributed by atoms with Crippen LogP contribution < -0.4 is 15.2 Å². The van der Waals surface area contributed by atoms with Crippen LogP contribution in [0.1, 0.15) is 5.69 Å². The van der Waals surface area contributed by atoms with Crippen molar-refractivity contribution >= 4 is 5.82 Å². The second-order valence-electron chi connectivity index (χ2n) is 4.30. The summed E-state index contributed by atoms with van der Waals surface area (Å²) in [6.45, 7) is 0.0490. The fraction of sp³-hybridized carbons (Fsp3) is 0.250. The molecule has 0 spiro atoms. The molecule has 1 aromatic carbocycles. The molecular weight excluding hydrogens is 275 g/mol. The van der Waals surface area contributed by atoms with E-state index in [0.29, 0.717) is 11.5 Å². The minimum absolute atomic E-state index is 0.0490. The Hall–Kier alpha value is -2.38. The molecule has 0 saturated heterocycles. The Balaban J connectivity index is 2.19. The highest BCUT2D eigenvalue weighted by molar-refractivity contribution is 5.78. The molecule has 0 bridgehead atoms. The number of hydrogen-bond donors (Lipinski definition) is 1. The molecule has 0 radical (unpaired) electrons. The zero-order valence-electron chi connectivity index (χ0n) is 10.4. The molecule has 0 unspecified atom stereocenters. The molecule has 2 aromatic rings. The highest BCUT2D eigenvalue weighted by Crippen LogP contribution is 2.42. The Morgan fingerprint density at radius 1 is 1.25 bits per heavy atom. The summed E-state index contributed by atoms with van der Waals surface area (Å²) in [4.78, 5) is 0. The number of nitrogen functional groups attached to an aromatic ring is 1. The molecule has 0 amide bonds. The molecule has 1 aliphatic heterocycles. The average Bonchev–Trinajstić information content (AvgIpc) is 2.94. The minimum atomic E-state index is -4.58. The lowest BCUT2D eigenvalue weighted by atomic mass is 10.0. The average molecular weight is 285 g/mol. The van der Waals surface area contributed by atoms with Crippen LogP contribution in [0.5, 0.6) is 11.5 Å². The first-order chi connectivity index (χ1) is 9.38. The van der Waals surface area contributed by atoms with Crippen molar-refractivity contribution in [3.63, 3.8) is 0 Å². The fourth-order valence-electron chi connectivity index (χ4n) is 2.07. The molecule has 106 valence electrons. The maximum Gasteiger partial charge on any atom is 0.435 e. The summed E-state index contributed by atoms with van der Waals surface area (Å²) >= 11 is 0. The van der Waals surface area contributed by atoms with Crippen LogP contribution in [0.15, 0.2) is 18.2 Å². The van der Waals surface area contributed by atoms with E-state index in [9.17, 15) is 13.2 Å². The Morgan fingerprint density at radius 3 is 2.65 bits per heavy atom. The molecular formula is C12H10F3N3O2. The van der Waals surface area contributed by atoms with Gasteiger partial charge in [0.1, 0.15) is 5.82 Å². The molecule has 1 aromatic heterocycles. The quantitative estimate of drug-likeness (QED) is 0.874. The molecule has 1 aliphatic rings. The Morgan fingerprint density at radius 2 is 1.95 bits per heavy atom. The summed E-state index contributed by atoms with van der Waals surface area (Å²) in [6, 6.07) is 4.51. The maximum absolute atomic E-state index is 13.0. The van der Waals surface area contributed by atoms with E-state index in [-0.39, 0.29) is 23.7 Å². The lowest BCUT2D eigenvalue weighted by molar-refractivity contribution is -0.140. The molecule has 3 rings (SSSR count). The number of fused-ring (bicyclic) bond motifs is 1. The molecule has 0 fully saturated rings. The van der Waals surface area contributed by atoms with E-state index >= 15 is 0 Å². The van der Waals surface area contributed by atoms with E-state index in [1.54, 1.807) is 6.07 Å². The third-order valence-corrected chi connectivity index (χ3v) is 3.02. The number of anilines is 1. The monoisotopic (exact) mass is 285 g/mol. The molecule has 20 heavy (non-hydrogen) atoms. The van der Waals surface area contributed by atoms with Gasteiger partial charge < -0.3 is 15.2 Å². The predicted molar refractivity (Wildman–Crippen MR) is 64.2 cm³/mol. The normalized spacial score (nSPS) is 13.8. The highest BCUT2D eigenvalue weighted by Gasteiger charge is 2.39. The van der Waals surface area contributed by atoms with E-state index in [0.717, 1.165) is 4.68 Å². The fourth-order valence-corrected chi connectivity index (χ4v) is 2.07. The van der Waals surface area contributed by atoms with Gasteiger partial charge >= 0.3 is 6.18 Å². The number of nitrogens with two attached hydrogens (primary N) is 1. The molecule has 0 atom stereocenters. The highest BCUT2D eigenvalue weighted by atomic mass is 19.4. The van der Waals surface area contributed by atoms with Crippen LogP contribution in [0.2, 0.25) is 0 Å². The number of nitrogens with zero attached hydrogens (tertiary/aromatic N) is 2. The van der Waals surface area contributed by atoms with Crippen LogP contribution in [0.3, 0.4) is 0 Å². The molecule has 0 saturated carbocycles. The third kappa shape index (κ3) is 1.84. The summed E-state index contributed by atoms with van der Waals surface area (Å²) in [5.41, 5.74) is 4.82. The van der Waals surface area contributed by atoms with Crippen LogP contribution in [-0.4, -0.2) is 16.6 Å². The van der Waals surface area contributed by atoms with Gasteiger partial charge in [-0.05, 0) is 17.7 Å². The maximum atomic E-state index is 13.0. The minimum Gasteiger partial charge on any atom is -0.454 e. The van der Waals surface area contributed by atoms with Crippen molar-refractivity contribution in [1.29, 1.82) is 0 Å². The SMILES string of the molecule is Cn1nc(C(F)(F)F)c(-c2ccc3c(c2)OCO3)c1N. The largest absolute Gasteiger partial charge is 0.454 e. The lowest BCUT2D eigenvalue weighted by Crippen LogP contribution is -2.08. The Labute approximate surface area is 111 Å². The van der Waals surface area contributed by atoms with Crippen molar-refractivity contribution in [1.82, 2.24) is 9.78 Å². The zero-order valence-corrected chi connectivity index (χ0v) is 10.4. The van der Waals surface area contributed by atoms with E-state index in [2.05, 4.69) is 5.10 Å². The van der Waals surface area contributed by atoms with Crippen molar-refractivity contribution in [2.45, 2.75) is 6.18 Å². The Kier molecular flexibility index (Phi) is 2.56. The van der Waals surface area contributed by atoms with Crippen molar-refractivity contribution in [3.8, 4) is 22.6 Å². The lowest BCUT2D eigenvalue weighted by Gasteiger charge is -2.07. The van der Waals surface area contributed by atoms with E-state index in [4.69, 9.17) is 15.2 Å². The molecule has 2 heterocycles. The molecule has 2 N–H and O–H groups in total. The van der Waals surface area contributed by atoms with Gasteiger partial charge in [-0.1, -0.05) is 6.07 Å². The smallest absolute Gasteiger partial charge is 0.435 e. The first kappa shape index (κ1) is 12.6. The van der Waals surface area contributed by atoms with Crippen LogP contribution in [0.25, 0.3) is 11.1 Å². The number of rotatable bonds is 1. The molecule has 0 aliphatic carbocycles. The topological polar surface area (TPSA) is 62.3 Å². The van der Waals surface area contributed by atoms with Crippen LogP contribution >= 0.6 is 0 Å². The number of alkyl halides is 3. The summed E-state index contributed by atoms with van der Waals surface area (Å²) in [6.07, 6.45) is -4.58. The van der Waals surface area contributed by atoms with Gasteiger partial charge in [0.25, 0.3) is 0 Å².